The van der Waals surface area contributed by atoms with Crippen molar-refractivity contribution in [2.75, 3.05) is 39.3 Å². The van der Waals surface area contributed by atoms with E-state index in [9.17, 15) is 9.59 Å². The highest BCUT2D eigenvalue weighted by Crippen LogP contribution is 2.38. The summed E-state index contributed by atoms with van der Waals surface area (Å²) in [6.45, 7) is 6.80. The lowest BCUT2D eigenvalue weighted by molar-refractivity contribution is 0.0965. The average Bonchev–Trinajstić information content (AvgIpc) is 3.27. The van der Waals surface area contributed by atoms with Crippen molar-refractivity contribution in [1.29, 1.82) is 0 Å². The van der Waals surface area contributed by atoms with Crippen LogP contribution in [0.4, 0.5) is 0 Å². The Bertz CT molecular complexity index is 964. The van der Waals surface area contributed by atoms with Gasteiger partial charge < -0.3 is 9.80 Å². The van der Waals surface area contributed by atoms with Gasteiger partial charge in [-0.15, -0.1) is 0 Å². The maximum atomic E-state index is 12.9. The van der Waals surface area contributed by atoms with Gasteiger partial charge in [-0.2, -0.15) is 0 Å². The Kier molecular flexibility index (Phi) is 8.10. The molecule has 0 spiro atoms. The molecule has 0 radical (unpaired) electrons. The first-order valence-corrected chi connectivity index (χ1v) is 13.9. The lowest BCUT2D eigenvalue weighted by atomic mass is 9.96. The molecular formula is C31H40N2O2. The summed E-state index contributed by atoms with van der Waals surface area (Å²) in [5.41, 5.74) is 6.44. The summed E-state index contributed by atoms with van der Waals surface area (Å²) in [6.07, 6.45) is 11.8. The van der Waals surface area contributed by atoms with Gasteiger partial charge in [0.15, 0.2) is 11.6 Å². The molecule has 35 heavy (non-hydrogen) atoms. The van der Waals surface area contributed by atoms with Gasteiger partial charge in [0.05, 0.1) is 0 Å². The minimum absolute atomic E-state index is 0.239. The highest BCUT2D eigenvalue weighted by molar-refractivity contribution is 6.00. The molecule has 4 heteroatoms. The maximum absolute atomic E-state index is 12.9. The van der Waals surface area contributed by atoms with Crippen LogP contribution in [0.1, 0.15) is 96.1 Å². The van der Waals surface area contributed by atoms with Crippen molar-refractivity contribution in [2.24, 2.45) is 0 Å². The number of benzene rings is 2. The van der Waals surface area contributed by atoms with Gasteiger partial charge in [0.25, 0.3) is 0 Å². The molecule has 0 saturated carbocycles. The molecule has 0 aromatic heterocycles. The van der Waals surface area contributed by atoms with E-state index in [-0.39, 0.29) is 11.6 Å². The van der Waals surface area contributed by atoms with Crippen LogP contribution >= 0.6 is 0 Å². The summed E-state index contributed by atoms with van der Waals surface area (Å²) >= 11 is 0. The molecular weight excluding hydrogens is 432 g/mol. The van der Waals surface area contributed by atoms with Crippen molar-refractivity contribution in [2.45, 2.75) is 70.6 Å². The fourth-order valence-electron chi connectivity index (χ4n) is 6.10. The smallest absolute Gasteiger partial charge is 0.162 e. The number of carbonyl (C=O) groups is 2. The van der Waals surface area contributed by atoms with Crippen LogP contribution < -0.4 is 0 Å². The van der Waals surface area contributed by atoms with Gasteiger partial charge in [-0.05, 0) is 119 Å². The zero-order valence-corrected chi connectivity index (χ0v) is 21.2. The molecule has 2 saturated heterocycles. The molecule has 4 nitrogen and oxygen atoms in total. The molecule has 2 aromatic carbocycles. The molecule has 3 aliphatic rings. The number of Topliss-reactive ketones (excluding diaryl/α,β-unsaturated/α-hetero) is 2. The second-order valence-electron chi connectivity index (χ2n) is 10.8. The van der Waals surface area contributed by atoms with Crippen LogP contribution in [0, 0.1) is 0 Å². The van der Waals surface area contributed by atoms with Gasteiger partial charge >= 0.3 is 0 Å². The second-order valence-corrected chi connectivity index (χ2v) is 10.8. The van der Waals surface area contributed by atoms with Crippen LogP contribution in [0.5, 0.6) is 0 Å². The summed E-state index contributed by atoms with van der Waals surface area (Å²) in [7, 11) is 0. The Balaban J connectivity index is 1.20. The molecule has 2 fully saturated rings. The fourth-order valence-corrected chi connectivity index (χ4v) is 6.10. The number of nitrogens with zero attached hydrogens (tertiary/aromatic N) is 2. The van der Waals surface area contributed by atoms with Crippen molar-refractivity contribution < 1.29 is 9.59 Å². The van der Waals surface area contributed by atoms with Crippen molar-refractivity contribution in [1.82, 2.24) is 9.80 Å². The monoisotopic (exact) mass is 472 g/mol. The Labute approximate surface area is 210 Å². The number of rotatable bonds is 10. The van der Waals surface area contributed by atoms with Gasteiger partial charge in [0.1, 0.15) is 0 Å². The second kappa shape index (κ2) is 11.6. The van der Waals surface area contributed by atoms with E-state index in [0.717, 1.165) is 54.6 Å². The van der Waals surface area contributed by atoms with Gasteiger partial charge in [0.2, 0.25) is 0 Å². The molecule has 1 aliphatic carbocycles. The molecule has 0 N–H and O–H groups in total. The summed E-state index contributed by atoms with van der Waals surface area (Å²) in [4.78, 5) is 30.9. The summed E-state index contributed by atoms with van der Waals surface area (Å²) < 4.78 is 0. The number of fused-ring (bicyclic) bond motifs is 3. The van der Waals surface area contributed by atoms with E-state index >= 15 is 0 Å². The zero-order chi connectivity index (χ0) is 24.0. The van der Waals surface area contributed by atoms with E-state index in [1.54, 1.807) is 0 Å². The minimum atomic E-state index is 0.239. The molecule has 2 aromatic rings. The normalized spacial score (nSPS) is 18.3. The van der Waals surface area contributed by atoms with Crippen molar-refractivity contribution in [3.63, 3.8) is 0 Å². The third kappa shape index (κ3) is 6.10. The molecule has 0 bridgehead atoms. The lowest BCUT2D eigenvalue weighted by Crippen LogP contribution is -2.30. The summed E-state index contributed by atoms with van der Waals surface area (Å²) in [5, 5.41) is 0. The SMILES string of the molecule is O=C(CCCN1CCCCC1)c1ccc2c(c1)-c1cc(C(=O)CCCN3CCCCC3)ccc1C2. The standard InChI is InChI=1S/C31H40N2O2/c34-30(9-7-19-32-15-3-1-4-16-32)26-13-11-24-21-25-12-14-27(23-29(25)28(24)22-26)31(35)10-8-20-33-17-5-2-6-18-33/h11-14,22-23H,1-10,15-21H2. The quantitative estimate of drug-likeness (QED) is 0.332. The topological polar surface area (TPSA) is 40.6 Å². The van der Waals surface area contributed by atoms with Gasteiger partial charge in [-0.1, -0.05) is 37.1 Å². The molecule has 2 aliphatic heterocycles. The van der Waals surface area contributed by atoms with E-state index in [0.29, 0.717) is 12.8 Å². The van der Waals surface area contributed by atoms with Crippen molar-refractivity contribution >= 4 is 11.6 Å². The van der Waals surface area contributed by atoms with Crippen LogP contribution in [0.25, 0.3) is 11.1 Å². The van der Waals surface area contributed by atoms with E-state index in [1.165, 1.54) is 75.8 Å². The van der Waals surface area contributed by atoms with E-state index < -0.39 is 0 Å². The zero-order valence-electron chi connectivity index (χ0n) is 21.2. The van der Waals surface area contributed by atoms with Crippen LogP contribution in [0.2, 0.25) is 0 Å². The van der Waals surface area contributed by atoms with E-state index in [4.69, 9.17) is 0 Å². The fraction of sp³-hybridized carbons (Fsp3) is 0.548. The number of likely N-dealkylation sites (tertiary alicyclic amines) is 2. The van der Waals surface area contributed by atoms with E-state index in [2.05, 4.69) is 34.1 Å². The number of piperidine rings is 2. The predicted octanol–water partition coefficient (Wildman–Crippen LogP) is 6.16. The molecule has 0 atom stereocenters. The predicted molar refractivity (Wildman–Crippen MR) is 142 cm³/mol. The van der Waals surface area contributed by atoms with Crippen LogP contribution in [0.3, 0.4) is 0 Å². The summed E-state index contributed by atoms with van der Waals surface area (Å²) in [6, 6.07) is 12.4. The van der Waals surface area contributed by atoms with Crippen molar-refractivity contribution in [3.05, 3.63) is 58.7 Å². The Hall–Kier alpha value is -2.30. The number of ketones is 2. The third-order valence-electron chi connectivity index (χ3n) is 8.19. The minimum Gasteiger partial charge on any atom is -0.303 e. The first-order chi connectivity index (χ1) is 17.2. The highest BCUT2D eigenvalue weighted by Gasteiger charge is 2.22. The van der Waals surface area contributed by atoms with Gasteiger partial charge in [-0.3, -0.25) is 9.59 Å². The van der Waals surface area contributed by atoms with Gasteiger partial charge in [-0.25, -0.2) is 0 Å². The van der Waals surface area contributed by atoms with Crippen molar-refractivity contribution in [3.8, 4) is 11.1 Å². The van der Waals surface area contributed by atoms with Crippen LogP contribution in [0.15, 0.2) is 36.4 Å². The molecule has 2 heterocycles. The molecule has 186 valence electrons. The number of carbonyl (C=O) groups excluding carboxylic acids is 2. The van der Waals surface area contributed by atoms with Gasteiger partial charge in [0, 0.05) is 24.0 Å². The van der Waals surface area contributed by atoms with E-state index in [1.807, 2.05) is 12.1 Å². The largest absolute Gasteiger partial charge is 0.303 e. The molecule has 5 rings (SSSR count). The van der Waals surface area contributed by atoms with Crippen LogP contribution in [-0.2, 0) is 6.42 Å². The Morgan fingerprint density at radius 3 is 1.46 bits per heavy atom. The average molecular weight is 473 g/mol. The number of hydrogen-bond donors (Lipinski definition) is 0. The summed E-state index contributed by atoms with van der Waals surface area (Å²) in [5.74, 6) is 0.478. The first-order valence-electron chi connectivity index (χ1n) is 13.9. The Morgan fingerprint density at radius 1 is 0.600 bits per heavy atom. The first kappa shape index (κ1) is 24.4. The lowest BCUT2D eigenvalue weighted by Gasteiger charge is -2.26. The Morgan fingerprint density at radius 2 is 1.03 bits per heavy atom. The van der Waals surface area contributed by atoms with Crippen LogP contribution in [-0.4, -0.2) is 60.6 Å². The molecule has 0 unspecified atom stereocenters. The number of hydrogen-bond acceptors (Lipinski definition) is 4. The molecule has 0 amide bonds. The maximum Gasteiger partial charge on any atom is 0.162 e. The third-order valence-corrected chi connectivity index (χ3v) is 8.19. The highest BCUT2D eigenvalue weighted by atomic mass is 16.1.